The summed E-state index contributed by atoms with van der Waals surface area (Å²) in [5.41, 5.74) is -0.283. The summed E-state index contributed by atoms with van der Waals surface area (Å²) < 4.78 is 5.46. The van der Waals surface area contributed by atoms with Gasteiger partial charge in [-0.1, -0.05) is 19.9 Å². The Hall–Kier alpha value is -0.460. The lowest BCUT2D eigenvalue weighted by Gasteiger charge is -2.31. The van der Waals surface area contributed by atoms with Gasteiger partial charge in [0.15, 0.2) is 0 Å². The second-order valence-corrected chi connectivity index (χ2v) is 5.81. The molecule has 5 heteroatoms. The molecule has 3 N–H and O–H groups in total. The summed E-state index contributed by atoms with van der Waals surface area (Å²) in [6.07, 6.45) is 1.12. The second-order valence-electron chi connectivity index (χ2n) is 4.77. The monoisotopic (exact) mass is 287 g/mol. The van der Waals surface area contributed by atoms with E-state index in [1.807, 2.05) is 31.4 Å². The largest absolute Gasteiger partial charge is 0.394 e. The third-order valence-corrected chi connectivity index (χ3v) is 4.35. The Morgan fingerprint density at radius 1 is 1.42 bits per heavy atom. The highest BCUT2D eigenvalue weighted by Crippen LogP contribution is 2.14. The fourth-order valence-corrected chi connectivity index (χ4v) is 2.50. The van der Waals surface area contributed by atoms with Crippen LogP contribution in [0.1, 0.15) is 31.6 Å². The van der Waals surface area contributed by atoms with Crippen LogP contribution in [0.25, 0.3) is 0 Å². The third kappa shape index (κ3) is 5.58. The van der Waals surface area contributed by atoms with E-state index in [1.54, 1.807) is 11.3 Å². The molecule has 1 unspecified atom stereocenters. The number of thiophene rings is 1. The van der Waals surface area contributed by atoms with Gasteiger partial charge in [0.2, 0.25) is 0 Å². The summed E-state index contributed by atoms with van der Waals surface area (Å²) in [5, 5.41) is 24.5. The van der Waals surface area contributed by atoms with E-state index in [0.717, 1.165) is 17.7 Å². The van der Waals surface area contributed by atoms with Gasteiger partial charge in [-0.15, -0.1) is 11.3 Å². The van der Waals surface area contributed by atoms with Crippen LogP contribution in [0.4, 0.5) is 0 Å². The molecule has 4 nitrogen and oxygen atoms in total. The molecule has 0 aliphatic heterocycles. The molecule has 0 saturated carbocycles. The van der Waals surface area contributed by atoms with Crippen LogP contribution in [0.2, 0.25) is 0 Å². The molecule has 0 bridgehead atoms. The Labute approximate surface area is 119 Å². The Bertz CT molecular complexity index is 317. The Kier molecular flexibility index (Phi) is 7.56. The van der Waals surface area contributed by atoms with Crippen molar-refractivity contribution in [3.8, 4) is 0 Å². The number of hydrogen-bond acceptors (Lipinski definition) is 5. The lowest BCUT2D eigenvalue weighted by Crippen LogP contribution is -2.50. The van der Waals surface area contributed by atoms with Crippen molar-refractivity contribution in [1.29, 1.82) is 0 Å². The van der Waals surface area contributed by atoms with Gasteiger partial charge in [-0.25, -0.2) is 0 Å². The summed E-state index contributed by atoms with van der Waals surface area (Å²) in [6, 6.07) is 4.00. The van der Waals surface area contributed by atoms with Crippen molar-refractivity contribution in [3.05, 3.63) is 22.4 Å². The van der Waals surface area contributed by atoms with E-state index in [-0.39, 0.29) is 12.1 Å². The highest BCUT2D eigenvalue weighted by molar-refractivity contribution is 7.09. The molecule has 1 rings (SSSR count). The van der Waals surface area contributed by atoms with Crippen LogP contribution >= 0.6 is 11.3 Å². The van der Waals surface area contributed by atoms with Gasteiger partial charge in [0.25, 0.3) is 0 Å². The SMILES string of the molecule is CCC(CC)(CO)NCC(O)COCc1cccs1. The Morgan fingerprint density at radius 3 is 2.68 bits per heavy atom. The minimum Gasteiger partial charge on any atom is -0.394 e. The predicted molar refractivity (Wildman–Crippen MR) is 78.4 cm³/mol. The number of aliphatic hydroxyl groups excluding tert-OH is 2. The number of β-amino-alcohol motifs (C(OH)–C–C–N with tert-alkyl or cyclic N) is 1. The molecule has 1 heterocycles. The molecule has 1 aromatic heterocycles. The maximum atomic E-state index is 9.86. The van der Waals surface area contributed by atoms with Crippen molar-refractivity contribution in [3.63, 3.8) is 0 Å². The molecule has 0 saturated heterocycles. The van der Waals surface area contributed by atoms with Crippen LogP contribution in [0.3, 0.4) is 0 Å². The van der Waals surface area contributed by atoms with Gasteiger partial charge in [0.05, 0.1) is 25.9 Å². The molecule has 0 aliphatic carbocycles. The molecular formula is C14H25NO3S. The standard InChI is InChI=1S/C14H25NO3S/c1-3-14(4-2,11-16)15-8-12(17)9-18-10-13-6-5-7-19-13/h5-7,12,15-17H,3-4,8-11H2,1-2H3. The van der Waals surface area contributed by atoms with Crippen molar-refractivity contribution >= 4 is 11.3 Å². The van der Waals surface area contributed by atoms with Crippen LogP contribution in [0.15, 0.2) is 17.5 Å². The molecule has 0 radical (unpaired) electrons. The number of hydrogen-bond donors (Lipinski definition) is 3. The normalized spacial score (nSPS) is 13.7. The average Bonchev–Trinajstić information content (AvgIpc) is 2.94. The van der Waals surface area contributed by atoms with Crippen LogP contribution < -0.4 is 5.32 Å². The smallest absolute Gasteiger partial charge is 0.0898 e. The molecule has 1 atom stereocenters. The van der Waals surface area contributed by atoms with E-state index in [1.165, 1.54) is 0 Å². The Morgan fingerprint density at radius 2 is 2.16 bits per heavy atom. The van der Waals surface area contributed by atoms with Crippen LogP contribution in [-0.2, 0) is 11.3 Å². The summed E-state index contributed by atoms with van der Waals surface area (Å²) in [5.74, 6) is 0. The molecule has 0 aromatic carbocycles. The highest BCUT2D eigenvalue weighted by Gasteiger charge is 2.25. The third-order valence-electron chi connectivity index (χ3n) is 3.50. The highest BCUT2D eigenvalue weighted by atomic mass is 32.1. The Balaban J connectivity index is 2.21. The van der Waals surface area contributed by atoms with Gasteiger partial charge in [-0.05, 0) is 24.3 Å². The van der Waals surface area contributed by atoms with E-state index < -0.39 is 6.10 Å². The van der Waals surface area contributed by atoms with E-state index in [4.69, 9.17) is 4.74 Å². The first-order valence-electron chi connectivity index (χ1n) is 6.80. The molecule has 1 aromatic rings. The predicted octanol–water partition coefficient (Wildman–Crippen LogP) is 1.77. The molecule has 0 aliphatic rings. The summed E-state index contributed by atoms with van der Waals surface area (Å²) in [4.78, 5) is 1.16. The van der Waals surface area contributed by atoms with Gasteiger partial charge < -0.3 is 20.3 Å². The van der Waals surface area contributed by atoms with Gasteiger partial charge in [-0.2, -0.15) is 0 Å². The maximum absolute atomic E-state index is 9.86. The molecule has 19 heavy (non-hydrogen) atoms. The van der Waals surface area contributed by atoms with Crippen molar-refractivity contribution in [2.45, 2.75) is 44.9 Å². The van der Waals surface area contributed by atoms with Crippen LogP contribution in [0, 0.1) is 0 Å². The number of aliphatic hydroxyl groups is 2. The first-order chi connectivity index (χ1) is 9.15. The number of ether oxygens (including phenoxy) is 1. The average molecular weight is 287 g/mol. The molecule has 0 fully saturated rings. The van der Waals surface area contributed by atoms with Gasteiger partial charge in [0, 0.05) is 17.0 Å². The summed E-state index contributed by atoms with van der Waals surface area (Å²) >= 11 is 1.65. The fourth-order valence-electron chi connectivity index (χ4n) is 1.86. The minimum atomic E-state index is -0.552. The lowest BCUT2D eigenvalue weighted by atomic mass is 9.94. The van der Waals surface area contributed by atoms with E-state index in [2.05, 4.69) is 5.32 Å². The van der Waals surface area contributed by atoms with E-state index in [9.17, 15) is 10.2 Å². The number of rotatable bonds is 10. The molecular weight excluding hydrogens is 262 g/mol. The first-order valence-corrected chi connectivity index (χ1v) is 7.68. The molecule has 0 spiro atoms. The minimum absolute atomic E-state index is 0.0861. The summed E-state index contributed by atoms with van der Waals surface area (Å²) in [7, 11) is 0. The van der Waals surface area contributed by atoms with Crippen molar-refractivity contribution in [2.75, 3.05) is 19.8 Å². The van der Waals surface area contributed by atoms with Crippen LogP contribution in [0.5, 0.6) is 0 Å². The maximum Gasteiger partial charge on any atom is 0.0898 e. The van der Waals surface area contributed by atoms with E-state index in [0.29, 0.717) is 19.8 Å². The fraction of sp³-hybridized carbons (Fsp3) is 0.714. The van der Waals surface area contributed by atoms with Gasteiger partial charge >= 0.3 is 0 Å². The van der Waals surface area contributed by atoms with Gasteiger partial charge in [-0.3, -0.25) is 0 Å². The molecule has 110 valence electrons. The van der Waals surface area contributed by atoms with Crippen molar-refractivity contribution < 1.29 is 14.9 Å². The lowest BCUT2D eigenvalue weighted by molar-refractivity contribution is 0.0219. The van der Waals surface area contributed by atoms with E-state index >= 15 is 0 Å². The number of nitrogens with one attached hydrogen (secondary N) is 1. The van der Waals surface area contributed by atoms with Crippen LogP contribution in [-0.4, -0.2) is 41.6 Å². The quantitative estimate of drug-likeness (QED) is 0.614. The zero-order chi connectivity index (χ0) is 14.1. The zero-order valence-corrected chi connectivity index (χ0v) is 12.6. The zero-order valence-electron chi connectivity index (χ0n) is 11.8. The van der Waals surface area contributed by atoms with Crippen molar-refractivity contribution in [2.24, 2.45) is 0 Å². The van der Waals surface area contributed by atoms with Gasteiger partial charge in [0.1, 0.15) is 0 Å². The van der Waals surface area contributed by atoms with Crippen molar-refractivity contribution in [1.82, 2.24) is 5.32 Å². The molecule has 0 amide bonds. The topological polar surface area (TPSA) is 61.7 Å². The summed E-state index contributed by atoms with van der Waals surface area (Å²) in [6.45, 7) is 5.44. The first kappa shape index (κ1) is 16.6. The second kappa shape index (κ2) is 8.66.